The molecule has 2 fully saturated rings. The van der Waals surface area contributed by atoms with Crippen molar-refractivity contribution in [3.8, 4) is 0 Å². The predicted octanol–water partition coefficient (Wildman–Crippen LogP) is -0.275. The van der Waals surface area contributed by atoms with Gasteiger partial charge in [0.1, 0.15) is 18.3 Å². The van der Waals surface area contributed by atoms with E-state index < -0.39 is 36.7 Å². The highest BCUT2D eigenvalue weighted by Gasteiger charge is 2.45. The smallest absolute Gasteiger partial charge is 0.278 e. The Balaban J connectivity index is 1.57. The standard InChI is InChI=1S/C20H23N5O5/c26-9-13-15(27)16(28)19(30-13)25-17-14(18(29)22-10-21-17)23-20(25)24-7-6-12(8-24)11-4-2-1-3-5-11/h1-5,10,12-13,15-16,19,26-28H,6-9H2,(H,21,22,29)/t12-,13-,15+,16-,19-/m0/s1. The van der Waals surface area contributed by atoms with Crippen LogP contribution in [0, 0.1) is 0 Å². The van der Waals surface area contributed by atoms with Crippen LogP contribution in [0.4, 0.5) is 5.95 Å². The van der Waals surface area contributed by atoms with Gasteiger partial charge in [0, 0.05) is 19.0 Å². The molecule has 0 saturated carbocycles. The maximum Gasteiger partial charge on any atom is 0.278 e. The summed E-state index contributed by atoms with van der Waals surface area (Å²) in [5.41, 5.74) is 1.22. The van der Waals surface area contributed by atoms with Gasteiger partial charge >= 0.3 is 0 Å². The first-order valence-electron chi connectivity index (χ1n) is 9.96. The highest BCUT2D eigenvalue weighted by atomic mass is 16.6. The Bertz CT molecular complexity index is 1100. The van der Waals surface area contributed by atoms with Crippen molar-refractivity contribution in [1.82, 2.24) is 19.5 Å². The molecule has 0 amide bonds. The molecule has 2 aliphatic heterocycles. The molecule has 0 unspecified atom stereocenters. The Labute approximate surface area is 171 Å². The van der Waals surface area contributed by atoms with Gasteiger partial charge < -0.3 is 29.9 Å². The minimum atomic E-state index is -1.30. The summed E-state index contributed by atoms with van der Waals surface area (Å²) < 4.78 is 7.29. The van der Waals surface area contributed by atoms with Crippen LogP contribution in [0.5, 0.6) is 0 Å². The van der Waals surface area contributed by atoms with Crippen molar-refractivity contribution in [2.24, 2.45) is 0 Å². The van der Waals surface area contributed by atoms with Crippen LogP contribution in [0.3, 0.4) is 0 Å². The normalized spacial score (nSPS) is 29.2. The summed E-state index contributed by atoms with van der Waals surface area (Å²) >= 11 is 0. The molecule has 0 bridgehead atoms. The Morgan fingerprint density at radius 2 is 2.00 bits per heavy atom. The number of aromatic nitrogens is 4. The predicted molar refractivity (Wildman–Crippen MR) is 107 cm³/mol. The lowest BCUT2D eigenvalue weighted by atomic mass is 9.99. The molecule has 158 valence electrons. The molecular formula is C20H23N5O5. The molecule has 2 aliphatic rings. The number of fused-ring (bicyclic) bond motifs is 1. The van der Waals surface area contributed by atoms with E-state index in [9.17, 15) is 20.1 Å². The van der Waals surface area contributed by atoms with Crippen LogP contribution in [0.2, 0.25) is 0 Å². The van der Waals surface area contributed by atoms with Crippen molar-refractivity contribution in [1.29, 1.82) is 0 Å². The molecular weight excluding hydrogens is 390 g/mol. The SMILES string of the molecule is O=c1[nH]cnc2c1nc(N1CC[C@H](c3ccccc3)C1)n2[C@H]1O[C@@H](CO)[C@@H](O)[C@@H]1O. The Morgan fingerprint density at radius 1 is 1.20 bits per heavy atom. The number of aliphatic hydroxyl groups is 3. The summed E-state index contributed by atoms with van der Waals surface area (Å²) in [7, 11) is 0. The van der Waals surface area contributed by atoms with Crippen molar-refractivity contribution in [3.63, 3.8) is 0 Å². The fourth-order valence-corrected chi connectivity index (χ4v) is 4.40. The van der Waals surface area contributed by atoms with Crippen LogP contribution < -0.4 is 10.5 Å². The zero-order chi connectivity index (χ0) is 20.8. The summed E-state index contributed by atoms with van der Waals surface area (Å²) in [6, 6.07) is 10.2. The van der Waals surface area contributed by atoms with Gasteiger partial charge in [0.25, 0.3) is 5.56 Å². The van der Waals surface area contributed by atoms with Crippen LogP contribution in [0.15, 0.2) is 41.5 Å². The van der Waals surface area contributed by atoms with E-state index in [1.807, 2.05) is 23.1 Å². The molecule has 0 spiro atoms. The number of nitrogens with one attached hydrogen (secondary N) is 1. The van der Waals surface area contributed by atoms with Crippen molar-refractivity contribution in [3.05, 3.63) is 52.6 Å². The largest absolute Gasteiger partial charge is 0.394 e. The highest BCUT2D eigenvalue weighted by Crippen LogP contribution is 2.37. The lowest BCUT2D eigenvalue weighted by Crippen LogP contribution is -2.34. The fraction of sp³-hybridized carbons (Fsp3) is 0.450. The number of anilines is 1. The molecule has 3 aromatic rings. The van der Waals surface area contributed by atoms with Gasteiger partial charge in [-0.05, 0) is 12.0 Å². The molecule has 10 nitrogen and oxygen atoms in total. The Hall–Kier alpha value is -2.79. The van der Waals surface area contributed by atoms with E-state index in [0.29, 0.717) is 25.0 Å². The number of benzene rings is 1. The molecule has 4 heterocycles. The number of imidazole rings is 1. The van der Waals surface area contributed by atoms with Crippen molar-refractivity contribution in [2.45, 2.75) is 36.9 Å². The first-order chi connectivity index (χ1) is 14.6. The Kier molecular flexibility index (Phi) is 4.78. The average molecular weight is 413 g/mol. The summed E-state index contributed by atoms with van der Waals surface area (Å²) in [6.07, 6.45) is -2.34. The first kappa shape index (κ1) is 19.2. The van der Waals surface area contributed by atoms with Gasteiger partial charge in [-0.3, -0.25) is 9.36 Å². The molecule has 2 saturated heterocycles. The van der Waals surface area contributed by atoms with Crippen LogP contribution in [0.1, 0.15) is 24.1 Å². The monoisotopic (exact) mass is 413 g/mol. The zero-order valence-electron chi connectivity index (χ0n) is 16.1. The summed E-state index contributed by atoms with van der Waals surface area (Å²) in [5, 5.41) is 30.3. The molecule has 2 aromatic heterocycles. The van der Waals surface area contributed by atoms with E-state index in [4.69, 9.17) is 4.74 Å². The first-order valence-corrected chi connectivity index (χ1v) is 9.96. The number of hydrogen-bond donors (Lipinski definition) is 4. The fourth-order valence-electron chi connectivity index (χ4n) is 4.40. The third-order valence-corrected chi connectivity index (χ3v) is 5.98. The lowest BCUT2D eigenvalue weighted by Gasteiger charge is -2.24. The third-order valence-electron chi connectivity index (χ3n) is 5.98. The van der Waals surface area contributed by atoms with E-state index in [2.05, 4.69) is 27.1 Å². The molecule has 30 heavy (non-hydrogen) atoms. The van der Waals surface area contributed by atoms with E-state index in [1.165, 1.54) is 11.9 Å². The number of ether oxygens (including phenoxy) is 1. The van der Waals surface area contributed by atoms with Gasteiger partial charge in [0.15, 0.2) is 17.4 Å². The van der Waals surface area contributed by atoms with Crippen LogP contribution in [0.25, 0.3) is 11.2 Å². The third kappa shape index (κ3) is 3.00. The van der Waals surface area contributed by atoms with E-state index in [0.717, 1.165) is 6.42 Å². The topological polar surface area (TPSA) is 137 Å². The molecule has 0 radical (unpaired) electrons. The minimum absolute atomic E-state index is 0.133. The lowest BCUT2D eigenvalue weighted by molar-refractivity contribution is -0.0504. The number of rotatable bonds is 4. The minimum Gasteiger partial charge on any atom is -0.394 e. The van der Waals surface area contributed by atoms with E-state index >= 15 is 0 Å². The number of nitrogens with zero attached hydrogens (tertiary/aromatic N) is 4. The summed E-state index contributed by atoms with van der Waals surface area (Å²) in [6.45, 7) is 0.945. The van der Waals surface area contributed by atoms with Crippen molar-refractivity contribution >= 4 is 17.1 Å². The van der Waals surface area contributed by atoms with Crippen LogP contribution >= 0.6 is 0 Å². The van der Waals surface area contributed by atoms with Gasteiger partial charge in [-0.25, -0.2) is 9.97 Å². The zero-order valence-corrected chi connectivity index (χ0v) is 16.1. The quantitative estimate of drug-likeness (QED) is 0.459. The second-order valence-electron chi connectivity index (χ2n) is 7.76. The average Bonchev–Trinajstić information content (AvgIpc) is 3.46. The summed E-state index contributed by atoms with van der Waals surface area (Å²) in [4.78, 5) is 25.7. The van der Waals surface area contributed by atoms with Crippen molar-refractivity contribution < 1.29 is 20.1 Å². The molecule has 5 rings (SSSR count). The number of aromatic amines is 1. The molecule has 0 aliphatic carbocycles. The van der Waals surface area contributed by atoms with Gasteiger partial charge in [-0.1, -0.05) is 30.3 Å². The molecule has 5 atom stereocenters. The van der Waals surface area contributed by atoms with Crippen LogP contribution in [-0.4, -0.2) is 72.8 Å². The van der Waals surface area contributed by atoms with E-state index in [-0.39, 0.29) is 11.2 Å². The number of hydrogen-bond acceptors (Lipinski definition) is 8. The number of H-pyrrole nitrogens is 1. The Morgan fingerprint density at radius 3 is 2.73 bits per heavy atom. The van der Waals surface area contributed by atoms with Crippen LogP contribution in [-0.2, 0) is 4.74 Å². The number of aliphatic hydroxyl groups excluding tert-OH is 3. The second-order valence-corrected chi connectivity index (χ2v) is 7.76. The molecule has 4 N–H and O–H groups in total. The maximum absolute atomic E-state index is 12.3. The maximum atomic E-state index is 12.3. The van der Waals surface area contributed by atoms with Gasteiger partial charge in [-0.15, -0.1) is 0 Å². The summed E-state index contributed by atoms with van der Waals surface area (Å²) in [5.74, 6) is 0.748. The van der Waals surface area contributed by atoms with Crippen molar-refractivity contribution in [2.75, 3.05) is 24.6 Å². The van der Waals surface area contributed by atoms with Gasteiger partial charge in [0.05, 0.1) is 12.9 Å². The second kappa shape index (κ2) is 7.47. The highest BCUT2D eigenvalue weighted by molar-refractivity contribution is 5.74. The van der Waals surface area contributed by atoms with E-state index in [1.54, 1.807) is 4.57 Å². The van der Waals surface area contributed by atoms with Gasteiger partial charge in [-0.2, -0.15) is 0 Å². The molecule has 1 aromatic carbocycles. The molecule has 10 heteroatoms. The van der Waals surface area contributed by atoms with Gasteiger partial charge in [0.2, 0.25) is 5.95 Å².